The smallest absolute Gasteiger partial charge is 0.465 e. The zero-order valence-electron chi connectivity index (χ0n) is 12.4. The van der Waals surface area contributed by atoms with E-state index in [9.17, 15) is 9.59 Å². The molecule has 0 radical (unpaired) electrons. The van der Waals surface area contributed by atoms with Crippen LogP contribution in [0.4, 0.5) is 4.79 Å². The van der Waals surface area contributed by atoms with Crippen LogP contribution in [0.2, 0.25) is 0 Å². The minimum absolute atomic E-state index is 0.0271. The molecule has 1 aromatic rings. The Hall–Kier alpha value is -1.41. The van der Waals surface area contributed by atoms with Crippen LogP contribution in [0.15, 0.2) is 29.4 Å². The maximum atomic E-state index is 11.4. The van der Waals surface area contributed by atoms with E-state index < -0.39 is 12.1 Å². The van der Waals surface area contributed by atoms with Gasteiger partial charge in [-0.1, -0.05) is 23.8 Å². The van der Waals surface area contributed by atoms with E-state index in [2.05, 4.69) is 4.98 Å². The first-order valence-electron chi connectivity index (χ1n) is 6.88. The summed E-state index contributed by atoms with van der Waals surface area (Å²) in [5, 5.41) is 0.915. The molecule has 0 saturated heterocycles. The highest BCUT2D eigenvalue weighted by Gasteiger charge is 2.07. The predicted molar refractivity (Wildman–Crippen MR) is 85.7 cm³/mol. The van der Waals surface area contributed by atoms with Gasteiger partial charge in [0.05, 0.1) is 13.0 Å². The minimum Gasteiger partial charge on any atom is -0.465 e. The van der Waals surface area contributed by atoms with Crippen molar-refractivity contribution in [3.63, 3.8) is 0 Å². The summed E-state index contributed by atoms with van der Waals surface area (Å²) in [6, 6.07) is 5.69. The maximum absolute atomic E-state index is 11.4. The molecule has 0 N–H and O–H groups in total. The van der Waals surface area contributed by atoms with Gasteiger partial charge in [-0.05, 0) is 29.3 Å². The number of ether oxygens (including phenoxy) is 3. The van der Waals surface area contributed by atoms with E-state index >= 15 is 0 Å². The molecule has 0 fully saturated rings. The van der Waals surface area contributed by atoms with E-state index in [0.717, 1.165) is 11.4 Å². The molecule has 122 valence electrons. The van der Waals surface area contributed by atoms with Gasteiger partial charge in [-0.25, -0.2) is 9.78 Å². The number of hydrogen-bond donors (Lipinski definition) is 0. The van der Waals surface area contributed by atoms with Crippen molar-refractivity contribution in [3.05, 3.63) is 24.4 Å². The lowest BCUT2D eigenvalue weighted by Gasteiger charge is -2.06. The standard InChI is InChI=1S/C14H19NO5S2/c1-2-8-19-14(17)20-9-6-13(16)18-10-11-21-22-12-5-3-4-7-15-12/h3-5,7H,2,6,8-11H2,1H3. The lowest BCUT2D eigenvalue weighted by Crippen LogP contribution is -2.14. The Morgan fingerprint density at radius 1 is 1.14 bits per heavy atom. The summed E-state index contributed by atoms with van der Waals surface area (Å²) in [5.41, 5.74) is 0. The average Bonchev–Trinajstić information content (AvgIpc) is 2.53. The van der Waals surface area contributed by atoms with Gasteiger partial charge in [0.2, 0.25) is 0 Å². The molecule has 0 bridgehead atoms. The van der Waals surface area contributed by atoms with Crippen molar-refractivity contribution in [1.29, 1.82) is 0 Å². The molecule has 1 aromatic heterocycles. The normalized spacial score (nSPS) is 10.0. The van der Waals surface area contributed by atoms with Gasteiger partial charge < -0.3 is 14.2 Å². The summed E-state index contributed by atoms with van der Waals surface area (Å²) < 4.78 is 14.4. The summed E-state index contributed by atoms with van der Waals surface area (Å²) in [6.45, 7) is 2.48. The lowest BCUT2D eigenvalue weighted by atomic mass is 10.5. The van der Waals surface area contributed by atoms with E-state index in [0.29, 0.717) is 19.0 Å². The van der Waals surface area contributed by atoms with Gasteiger partial charge in [0.1, 0.15) is 18.2 Å². The molecular formula is C14H19NO5S2. The van der Waals surface area contributed by atoms with Gasteiger partial charge in [-0.15, -0.1) is 0 Å². The summed E-state index contributed by atoms with van der Waals surface area (Å²) in [5.74, 6) is 0.263. The second kappa shape index (κ2) is 12.2. The Morgan fingerprint density at radius 3 is 2.68 bits per heavy atom. The van der Waals surface area contributed by atoms with Crippen LogP contribution in [-0.2, 0) is 19.0 Å². The summed E-state index contributed by atoms with van der Waals surface area (Å²) >= 11 is 0. The highest BCUT2D eigenvalue weighted by atomic mass is 33.1. The quantitative estimate of drug-likeness (QED) is 0.363. The number of carbonyl (C=O) groups is 2. The molecular weight excluding hydrogens is 326 g/mol. The van der Waals surface area contributed by atoms with Gasteiger partial charge in [-0.2, -0.15) is 0 Å². The van der Waals surface area contributed by atoms with Crippen LogP contribution >= 0.6 is 21.6 Å². The van der Waals surface area contributed by atoms with E-state index in [-0.39, 0.29) is 13.0 Å². The van der Waals surface area contributed by atoms with E-state index in [1.807, 2.05) is 25.1 Å². The van der Waals surface area contributed by atoms with Crippen LogP contribution in [0.3, 0.4) is 0 Å². The van der Waals surface area contributed by atoms with Crippen molar-refractivity contribution >= 4 is 33.7 Å². The van der Waals surface area contributed by atoms with E-state index in [1.165, 1.54) is 10.8 Å². The van der Waals surface area contributed by atoms with Crippen molar-refractivity contribution in [1.82, 2.24) is 4.98 Å². The fourth-order valence-electron chi connectivity index (χ4n) is 1.20. The molecule has 8 heteroatoms. The molecule has 0 aliphatic carbocycles. The van der Waals surface area contributed by atoms with Crippen molar-refractivity contribution in [2.24, 2.45) is 0 Å². The topological polar surface area (TPSA) is 74.7 Å². The first-order chi connectivity index (χ1) is 10.7. The van der Waals surface area contributed by atoms with Crippen molar-refractivity contribution in [2.45, 2.75) is 24.8 Å². The number of aromatic nitrogens is 1. The van der Waals surface area contributed by atoms with E-state index in [1.54, 1.807) is 17.0 Å². The molecule has 6 nitrogen and oxygen atoms in total. The minimum atomic E-state index is -0.753. The van der Waals surface area contributed by atoms with Crippen molar-refractivity contribution in [2.75, 3.05) is 25.6 Å². The number of rotatable bonds is 10. The lowest BCUT2D eigenvalue weighted by molar-refractivity contribution is -0.143. The molecule has 1 rings (SSSR count). The molecule has 0 spiro atoms. The molecule has 1 heterocycles. The highest BCUT2D eigenvalue weighted by molar-refractivity contribution is 8.76. The Bertz CT molecular complexity index is 444. The molecule has 22 heavy (non-hydrogen) atoms. The van der Waals surface area contributed by atoms with Gasteiger partial charge in [-0.3, -0.25) is 4.79 Å². The number of pyridine rings is 1. The van der Waals surface area contributed by atoms with Crippen LogP contribution in [0.1, 0.15) is 19.8 Å². The zero-order valence-corrected chi connectivity index (χ0v) is 14.0. The number of carbonyl (C=O) groups excluding carboxylic acids is 2. The van der Waals surface area contributed by atoms with Crippen LogP contribution in [-0.4, -0.2) is 42.7 Å². The van der Waals surface area contributed by atoms with Crippen LogP contribution < -0.4 is 0 Å². The number of esters is 1. The Labute approximate surface area is 137 Å². The molecule has 0 aliphatic rings. The third-order valence-corrected chi connectivity index (χ3v) is 4.39. The molecule has 0 saturated carbocycles. The van der Waals surface area contributed by atoms with Crippen LogP contribution in [0, 0.1) is 0 Å². The van der Waals surface area contributed by atoms with Crippen LogP contribution in [0.5, 0.6) is 0 Å². The Balaban J connectivity index is 1.96. The first-order valence-corrected chi connectivity index (χ1v) is 9.20. The SMILES string of the molecule is CCCOC(=O)OCCC(=O)OCCSSc1ccccn1. The first kappa shape index (κ1) is 18.6. The maximum Gasteiger partial charge on any atom is 0.508 e. The fourth-order valence-corrected chi connectivity index (χ4v) is 2.91. The van der Waals surface area contributed by atoms with Gasteiger partial charge in [0, 0.05) is 11.9 Å². The van der Waals surface area contributed by atoms with Crippen LogP contribution in [0.25, 0.3) is 0 Å². The Kier molecular flexibility index (Phi) is 10.3. The summed E-state index contributed by atoms with van der Waals surface area (Å²) in [6.07, 6.45) is 1.73. The van der Waals surface area contributed by atoms with Gasteiger partial charge >= 0.3 is 12.1 Å². The Morgan fingerprint density at radius 2 is 1.95 bits per heavy atom. The molecule has 0 atom stereocenters. The number of nitrogens with zero attached hydrogens (tertiary/aromatic N) is 1. The van der Waals surface area contributed by atoms with Crippen molar-refractivity contribution in [3.8, 4) is 0 Å². The summed E-state index contributed by atoms with van der Waals surface area (Å²) in [4.78, 5) is 26.6. The third kappa shape index (κ3) is 9.51. The van der Waals surface area contributed by atoms with E-state index in [4.69, 9.17) is 14.2 Å². The summed E-state index contributed by atoms with van der Waals surface area (Å²) in [7, 11) is 3.09. The monoisotopic (exact) mass is 345 g/mol. The average molecular weight is 345 g/mol. The molecule has 0 aromatic carbocycles. The zero-order chi connectivity index (χ0) is 16.0. The highest BCUT2D eigenvalue weighted by Crippen LogP contribution is 2.28. The predicted octanol–water partition coefficient (Wildman–Crippen LogP) is 3.32. The molecule has 0 unspecified atom stereocenters. The van der Waals surface area contributed by atoms with Crippen molar-refractivity contribution < 1.29 is 23.8 Å². The second-order valence-electron chi connectivity index (χ2n) is 3.99. The second-order valence-corrected chi connectivity index (χ2v) is 6.43. The van der Waals surface area contributed by atoms with Gasteiger partial charge in [0.25, 0.3) is 0 Å². The largest absolute Gasteiger partial charge is 0.508 e. The van der Waals surface area contributed by atoms with Gasteiger partial charge in [0.15, 0.2) is 0 Å². The fraction of sp³-hybridized carbons (Fsp3) is 0.500. The third-order valence-electron chi connectivity index (χ3n) is 2.16. The number of hydrogen-bond acceptors (Lipinski definition) is 8. The molecule has 0 aliphatic heterocycles. The molecule has 0 amide bonds.